The molecule has 25 heavy (non-hydrogen) atoms. The first-order chi connectivity index (χ1) is 12.1. The molecule has 2 atom stereocenters. The molecular formula is C18H31N5O2. The van der Waals surface area contributed by atoms with Crippen LogP contribution in [-0.2, 0) is 0 Å². The highest BCUT2D eigenvalue weighted by atomic mass is 16.3. The SMILES string of the molecule is CCN(C)c1cc(N2C[C@@H](CN3CCC(O)CC3)[C@@H](CO)C2)ncn1. The Morgan fingerprint density at radius 3 is 2.60 bits per heavy atom. The van der Waals surface area contributed by atoms with Crippen molar-refractivity contribution >= 4 is 11.6 Å². The normalized spacial score (nSPS) is 25.5. The molecule has 2 N–H and O–H groups in total. The van der Waals surface area contributed by atoms with Gasteiger partial charge in [0, 0.05) is 64.9 Å². The Kier molecular flexibility index (Phi) is 6.09. The highest BCUT2D eigenvalue weighted by Crippen LogP contribution is 2.29. The zero-order valence-electron chi connectivity index (χ0n) is 15.4. The van der Waals surface area contributed by atoms with Crippen molar-refractivity contribution in [1.29, 1.82) is 0 Å². The predicted molar refractivity (Wildman–Crippen MR) is 98.9 cm³/mol. The summed E-state index contributed by atoms with van der Waals surface area (Å²) in [5.41, 5.74) is 0. The minimum atomic E-state index is -0.139. The van der Waals surface area contributed by atoms with Crippen LogP contribution < -0.4 is 9.80 Å². The second kappa shape index (κ2) is 8.29. The zero-order chi connectivity index (χ0) is 17.8. The van der Waals surface area contributed by atoms with Gasteiger partial charge in [-0.3, -0.25) is 0 Å². The standard InChI is InChI=1S/C18H31N5O2/c1-3-21(2)17-8-18(20-13-19-17)23-10-14(15(11-23)12-24)9-22-6-4-16(25)5-7-22/h8,13-16,24-25H,3-7,9-12H2,1-2H3/t14-,15-/m1/s1. The van der Waals surface area contributed by atoms with Crippen LogP contribution in [-0.4, -0.2) is 84.1 Å². The molecule has 0 aliphatic carbocycles. The van der Waals surface area contributed by atoms with Crippen LogP contribution in [0.15, 0.2) is 12.4 Å². The van der Waals surface area contributed by atoms with Crippen LogP contribution in [0.3, 0.4) is 0 Å². The van der Waals surface area contributed by atoms with Gasteiger partial charge in [0.25, 0.3) is 0 Å². The van der Waals surface area contributed by atoms with Crippen molar-refractivity contribution in [3.63, 3.8) is 0 Å². The van der Waals surface area contributed by atoms with Crippen LogP contribution in [0.5, 0.6) is 0 Å². The summed E-state index contributed by atoms with van der Waals surface area (Å²) < 4.78 is 0. The maximum Gasteiger partial charge on any atom is 0.134 e. The number of aromatic nitrogens is 2. The third kappa shape index (κ3) is 4.40. The number of piperidine rings is 1. The van der Waals surface area contributed by atoms with E-state index in [1.165, 1.54) is 0 Å². The van der Waals surface area contributed by atoms with E-state index in [0.29, 0.717) is 5.92 Å². The Morgan fingerprint density at radius 1 is 1.20 bits per heavy atom. The third-order valence-corrected chi connectivity index (χ3v) is 5.69. The van der Waals surface area contributed by atoms with E-state index < -0.39 is 0 Å². The monoisotopic (exact) mass is 349 g/mol. The average Bonchev–Trinajstić information content (AvgIpc) is 3.06. The van der Waals surface area contributed by atoms with E-state index in [-0.39, 0.29) is 18.6 Å². The number of aliphatic hydroxyl groups excluding tert-OH is 2. The first-order valence-electron chi connectivity index (χ1n) is 9.40. The number of anilines is 2. The molecule has 1 aromatic rings. The molecule has 0 saturated carbocycles. The fourth-order valence-corrected chi connectivity index (χ4v) is 3.85. The van der Waals surface area contributed by atoms with Gasteiger partial charge in [-0.05, 0) is 25.7 Å². The Bertz CT molecular complexity index is 550. The third-order valence-electron chi connectivity index (χ3n) is 5.69. The molecule has 0 amide bonds. The molecule has 0 bridgehead atoms. The van der Waals surface area contributed by atoms with Gasteiger partial charge in [-0.2, -0.15) is 0 Å². The molecule has 3 rings (SSSR count). The predicted octanol–water partition coefficient (Wildman–Crippen LogP) is 0.434. The first-order valence-corrected chi connectivity index (χ1v) is 9.40. The lowest BCUT2D eigenvalue weighted by molar-refractivity contribution is 0.0687. The summed E-state index contributed by atoms with van der Waals surface area (Å²) >= 11 is 0. The van der Waals surface area contributed by atoms with Gasteiger partial charge in [0.15, 0.2) is 0 Å². The van der Waals surface area contributed by atoms with Crippen LogP contribution in [0.2, 0.25) is 0 Å². The number of rotatable bonds is 6. The smallest absolute Gasteiger partial charge is 0.134 e. The van der Waals surface area contributed by atoms with E-state index >= 15 is 0 Å². The summed E-state index contributed by atoms with van der Waals surface area (Å²) in [5.74, 6) is 2.58. The topological polar surface area (TPSA) is 76.0 Å². The van der Waals surface area contributed by atoms with E-state index in [2.05, 4.69) is 31.6 Å². The summed E-state index contributed by atoms with van der Waals surface area (Å²) in [7, 11) is 2.03. The molecule has 0 aromatic carbocycles. The fourth-order valence-electron chi connectivity index (χ4n) is 3.85. The second-order valence-corrected chi connectivity index (χ2v) is 7.39. The van der Waals surface area contributed by atoms with Crippen molar-refractivity contribution in [1.82, 2.24) is 14.9 Å². The van der Waals surface area contributed by atoms with Gasteiger partial charge >= 0.3 is 0 Å². The summed E-state index contributed by atoms with van der Waals surface area (Å²) in [6, 6.07) is 2.04. The van der Waals surface area contributed by atoms with Crippen LogP contribution >= 0.6 is 0 Å². The lowest BCUT2D eigenvalue weighted by Gasteiger charge is -2.32. The molecule has 2 fully saturated rings. The average molecular weight is 349 g/mol. The van der Waals surface area contributed by atoms with Crippen molar-refractivity contribution in [2.45, 2.75) is 25.9 Å². The molecule has 0 unspecified atom stereocenters. The summed E-state index contributed by atoms with van der Waals surface area (Å²) in [6.07, 6.45) is 3.21. The van der Waals surface area contributed by atoms with E-state index in [9.17, 15) is 10.2 Å². The first kappa shape index (κ1) is 18.4. The summed E-state index contributed by atoms with van der Waals surface area (Å²) in [5, 5.41) is 19.5. The molecule has 140 valence electrons. The molecule has 0 radical (unpaired) electrons. The van der Waals surface area contributed by atoms with E-state index in [1.54, 1.807) is 6.33 Å². The van der Waals surface area contributed by atoms with Crippen LogP contribution in [0, 0.1) is 11.8 Å². The molecule has 2 saturated heterocycles. The Balaban J connectivity index is 1.64. The van der Waals surface area contributed by atoms with Gasteiger partial charge in [0.05, 0.1) is 6.10 Å². The highest BCUT2D eigenvalue weighted by Gasteiger charge is 2.34. The molecule has 2 aliphatic heterocycles. The van der Waals surface area contributed by atoms with Gasteiger partial charge in [-0.1, -0.05) is 0 Å². The largest absolute Gasteiger partial charge is 0.396 e. The quantitative estimate of drug-likeness (QED) is 0.771. The van der Waals surface area contributed by atoms with Gasteiger partial charge in [0.2, 0.25) is 0 Å². The lowest BCUT2D eigenvalue weighted by atomic mass is 9.95. The van der Waals surface area contributed by atoms with Crippen molar-refractivity contribution in [3.8, 4) is 0 Å². The molecule has 1 aromatic heterocycles. The Hall–Kier alpha value is -1.44. The minimum Gasteiger partial charge on any atom is -0.396 e. The Labute approximate surface area is 150 Å². The molecule has 3 heterocycles. The molecule has 7 heteroatoms. The number of likely N-dealkylation sites (tertiary alicyclic amines) is 1. The van der Waals surface area contributed by atoms with Gasteiger partial charge < -0.3 is 24.9 Å². The fraction of sp³-hybridized carbons (Fsp3) is 0.778. The van der Waals surface area contributed by atoms with Gasteiger partial charge in [0.1, 0.15) is 18.0 Å². The lowest BCUT2D eigenvalue weighted by Crippen LogP contribution is -2.40. The van der Waals surface area contributed by atoms with E-state index in [4.69, 9.17) is 0 Å². The minimum absolute atomic E-state index is 0.139. The maximum atomic E-state index is 9.83. The molecule has 2 aliphatic rings. The van der Waals surface area contributed by atoms with Gasteiger partial charge in [-0.15, -0.1) is 0 Å². The van der Waals surface area contributed by atoms with Crippen molar-refractivity contribution < 1.29 is 10.2 Å². The number of hydrogen-bond donors (Lipinski definition) is 2. The van der Waals surface area contributed by atoms with Crippen molar-refractivity contribution in [3.05, 3.63) is 12.4 Å². The van der Waals surface area contributed by atoms with Crippen LogP contribution in [0.25, 0.3) is 0 Å². The highest BCUT2D eigenvalue weighted by molar-refractivity contribution is 5.50. The second-order valence-electron chi connectivity index (χ2n) is 7.39. The maximum absolute atomic E-state index is 9.83. The van der Waals surface area contributed by atoms with Crippen LogP contribution in [0.4, 0.5) is 11.6 Å². The van der Waals surface area contributed by atoms with E-state index in [0.717, 1.165) is 63.7 Å². The number of hydrogen-bond acceptors (Lipinski definition) is 7. The zero-order valence-corrected chi connectivity index (χ0v) is 15.4. The number of nitrogens with zero attached hydrogens (tertiary/aromatic N) is 5. The summed E-state index contributed by atoms with van der Waals surface area (Å²) in [4.78, 5) is 15.6. The molecule has 7 nitrogen and oxygen atoms in total. The van der Waals surface area contributed by atoms with Gasteiger partial charge in [-0.25, -0.2) is 9.97 Å². The molecule has 0 spiro atoms. The Morgan fingerprint density at radius 2 is 1.92 bits per heavy atom. The van der Waals surface area contributed by atoms with Crippen molar-refractivity contribution in [2.24, 2.45) is 11.8 Å². The van der Waals surface area contributed by atoms with Crippen molar-refractivity contribution in [2.75, 3.05) is 62.7 Å². The van der Waals surface area contributed by atoms with Crippen LogP contribution in [0.1, 0.15) is 19.8 Å². The molecular weight excluding hydrogens is 318 g/mol. The van der Waals surface area contributed by atoms with E-state index in [1.807, 2.05) is 13.1 Å². The number of aliphatic hydroxyl groups is 2. The summed E-state index contributed by atoms with van der Waals surface area (Å²) in [6.45, 7) is 7.86.